The third-order valence-electron chi connectivity index (χ3n) is 3.73. The van der Waals surface area contributed by atoms with Gasteiger partial charge >= 0.3 is 7.25 Å². The number of ketones is 1. The summed E-state index contributed by atoms with van der Waals surface area (Å²) in [6.07, 6.45) is -0.964. The number of aliphatic hydroxyl groups is 1. The number of hydrogen-bond donors (Lipinski definition) is 1. The second kappa shape index (κ2) is 8.53. The van der Waals surface area contributed by atoms with Crippen molar-refractivity contribution in [3.8, 4) is 0 Å². The summed E-state index contributed by atoms with van der Waals surface area (Å²) in [7, 11) is -6.00. The molecule has 1 heterocycles. The number of carbonyl (C=O) groups excluding carboxylic acids is 1. The second-order valence-electron chi connectivity index (χ2n) is 5.57. The summed E-state index contributed by atoms with van der Waals surface area (Å²) in [5, 5.41) is 21.1. The normalized spacial score (nSPS) is 17.4. The van der Waals surface area contributed by atoms with Gasteiger partial charge in [0.1, 0.15) is 0 Å². The Balaban J connectivity index is 0.000000465. The predicted molar refractivity (Wildman–Crippen MR) is 93.2 cm³/mol. The molecule has 144 valence electrons. The van der Waals surface area contributed by atoms with Crippen LogP contribution in [0, 0.1) is 16.0 Å². The molecule has 0 unspecified atom stereocenters. The van der Waals surface area contributed by atoms with E-state index in [9.17, 15) is 37.3 Å². The summed E-state index contributed by atoms with van der Waals surface area (Å²) in [6.45, 7) is 0. The number of carbonyl (C=O) groups is 1. The van der Waals surface area contributed by atoms with E-state index >= 15 is 0 Å². The van der Waals surface area contributed by atoms with Gasteiger partial charge in [-0.25, -0.2) is 0 Å². The smallest absolute Gasteiger partial charge is 0.418 e. The van der Waals surface area contributed by atoms with Crippen molar-refractivity contribution in [3.05, 3.63) is 69.8 Å². The average molecular weight is 402 g/mol. The summed E-state index contributed by atoms with van der Waals surface area (Å²) >= 11 is 1.54. The molecule has 2 atom stereocenters. The molecule has 0 fully saturated rings. The fraction of sp³-hybridized carbons (Fsp3) is 0.188. The van der Waals surface area contributed by atoms with Gasteiger partial charge in [-0.2, -0.15) is 0 Å². The number of halogens is 4. The van der Waals surface area contributed by atoms with E-state index < -0.39 is 24.2 Å². The fourth-order valence-electron chi connectivity index (χ4n) is 2.51. The van der Waals surface area contributed by atoms with Crippen LogP contribution in [0.25, 0.3) is 0 Å². The highest BCUT2D eigenvalue weighted by atomic mass is 32.2. The third-order valence-corrected chi connectivity index (χ3v) is 4.93. The van der Waals surface area contributed by atoms with Crippen LogP contribution in [-0.4, -0.2) is 28.8 Å². The van der Waals surface area contributed by atoms with E-state index in [4.69, 9.17) is 0 Å². The number of thioether (sulfide) groups is 1. The quantitative estimate of drug-likeness (QED) is 0.353. The molecule has 11 heteroatoms. The zero-order valence-electron chi connectivity index (χ0n) is 13.6. The van der Waals surface area contributed by atoms with Gasteiger partial charge in [-0.3, -0.25) is 14.9 Å². The Labute approximate surface area is 155 Å². The molecule has 0 aromatic heterocycles. The van der Waals surface area contributed by atoms with Gasteiger partial charge < -0.3 is 22.4 Å². The molecule has 27 heavy (non-hydrogen) atoms. The minimum absolute atomic E-state index is 0.0364. The molecule has 0 amide bonds. The van der Waals surface area contributed by atoms with E-state index in [0.717, 1.165) is 4.90 Å². The van der Waals surface area contributed by atoms with E-state index in [2.05, 4.69) is 0 Å². The van der Waals surface area contributed by atoms with Gasteiger partial charge in [-0.1, -0.05) is 18.2 Å². The highest BCUT2D eigenvalue weighted by Crippen LogP contribution is 2.38. The van der Waals surface area contributed by atoms with Crippen LogP contribution in [0.15, 0.2) is 53.4 Å². The lowest BCUT2D eigenvalue weighted by atomic mass is 9.89. The van der Waals surface area contributed by atoms with Crippen LogP contribution in [0.3, 0.4) is 0 Å². The SMILES string of the molecule is F[B-](F)(F)F.O=C1c2ccccc2SC[C@H]1[C@H](O)c1ccc([N+](=O)[O-])cc1. The number of non-ortho nitro benzene ring substituents is 1. The maximum Gasteiger partial charge on any atom is 0.673 e. The summed E-state index contributed by atoms with van der Waals surface area (Å²) in [4.78, 5) is 23.6. The van der Waals surface area contributed by atoms with Crippen LogP contribution in [0.5, 0.6) is 0 Å². The lowest BCUT2D eigenvalue weighted by Crippen LogP contribution is -2.28. The lowest BCUT2D eigenvalue weighted by Gasteiger charge is -2.26. The molecule has 3 rings (SSSR count). The van der Waals surface area contributed by atoms with E-state index in [0.29, 0.717) is 16.9 Å². The molecular weight excluding hydrogens is 389 g/mol. The highest BCUT2D eigenvalue weighted by Gasteiger charge is 2.33. The molecule has 0 radical (unpaired) electrons. The predicted octanol–water partition coefficient (Wildman–Crippen LogP) is 4.53. The van der Waals surface area contributed by atoms with E-state index in [-0.39, 0.29) is 11.5 Å². The van der Waals surface area contributed by atoms with Crippen LogP contribution in [0.2, 0.25) is 0 Å². The van der Waals surface area contributed by atoms with Crippen LogP contribution < -0.4 is 0 Å². The molecule has 1 N–H and O–H groups in total. The number of aliphatic hydroxyl groups excluding tert-OH is 1. The van der Waals surface area contributed by atoms with Gasteiger partial charge in [0.25, 0.3) is 5.69 Å². The molecule has 2 aromatic rings. The standard InChI is InChI=1S/C16H13NO4S.BF4/c18-15(10-5-7-11(8-6-10)17(20)21)13-9-22-14-4-2-1-3-12(14)16(13)19;2-1(3,4)5/h1-8,13,15,18H,9H2;/q;-1/t13-,15+;/m0./s1. The van der Waals surface area contributed by atoms with Crippen molar-refractivity contribution in [1.82, 2.24) is 0 Å². The fourth-order valence-corrected chi connectivity index (χ4v) is 3.70. The Bertz CT molecular complexity index is 826. The molecule has 5 nitrogen and oxygen atoms in total. The number of benzene rings is 2. The van der Waals surface area contributed by atoms with Gasteiger partial charge in [0.2, 0.25) is 0 Å². The number of fused-ring (bicyclic) bond motifs is 1. The maximum atomic E-state index is 12.5. The first kappa shape index (κ1) is 20.9. The van der Waals surface area contributed by atoms with Crippen molar-refractivity contribution >= 4 is 30.5 Å². The number of nitro groups is 1. The minimum atomic E-state index is -6.00. The first-order chi connectivity index (χ1) is 12.6. The summed E-state index contributed by atoms with van der Waals surface area (Å²) in [5.41, 5.74) is 1.11. The van der Waals surface area contributed by atoms with Gasteiger partial charge in [-0.15, -0.1) is 11.8 Å². The summed E-state index contributed by atoms with van der Waals surface area (Å²) < 4.78 is 39.0. The van der Waals surface area contributed by atoms with Crippen molar-refractivity contribution in [2.75, 3.05) is 5.75 Å². The monoisotopic (exact) mass is 402 g/mol. The topological polar surface area (TPSA) is 80.4 Å². The molecule has 0 spiro atoms. The van der Waals surface area contributed by atoms with Gasteiger partial charge in [-0.05, 0) is 23.8 Å². The van der Waals surface area contributed by atoms with Crippen LogP contribution in [0.1, 0.15) is 22.0 Å². The van der Waals surface area contributed by atoms with E-state index in [1.807, 2.05) is 12.1 Å². The average Bonchev–Trinajstić information content (AvgIpc) is 2.60. The highest BCUT2D eigenvalue weighted by molar-refractivity contribution is 7.99. The molecule has 0 aliphatic carbocycles. The maximum absolute atomic E-state index is 12.5. The van der Waals surface area contributed by atoms with Crippen LogP contribution in [-0.2, 0) is 0 Å². The number of nitrogens with zero attached hydrogens (tertiary/aromatic N) is 1. The number of rotatable bonds is 3. The van der Waals surface area contributed by atoms with Gasteiger partial charge in [0.15, 0.2) is 5.78 Å². The van der Waals surface area contributed by atoms with Crippen molar-refractivity contribution in [2.24, 2.45) is 5.92 Å². The largest absolute Gasteiger partial charge is 0.673 e. The van der Waals surface area contributed by atoms with Crippen molar-refractivity contribution in [1.29, 1.82) is 0 Å². The van der Waals surface area contributed by atoms with Crippen molar-refractivity contribution < 1.29 is 32.1 Å². The molecule has 1 aliphatic heterocycles. The number of Topliss-reactive ketones (excluding diaryl/α,β-unsaturated/α-hetero) is 1. The Morgan fingerprint density at radius 1 is 1.11 bits per heavy atom. The molecule has 2 aromatic carbocycles. The molecule has 1 aliphatic rings. The minimum Gasteiger partial charge on any atom is -0.418 e. The summed E-state index contributed by atoms with van der Waals surface area (Å²) in [5.74, 6) is -0.130. The van der Waals surface area contributed by atoms with Crippen molar-refractivity contribution in [3.63, 3.8) is 0 Å². The van der Waals surface area contributed by atoms with Crippen LogP contribution >= 0.6 is 11.8 Å². The van der Waals surface area contributed by atoms with Crippen molar-refractivity contribution in [2.45, 2.75) is 11.0 Å². The Kier molecular flexibility index (Phi) is 6.61. The van der Waals surface area contributed by atoms with E-state index in [1.54, 1.807) is 23.9 Å². The van der Waals surface area contributed by atoms with Gasteiger partial charge in [0.05, 0.1) is 16.9 Å². The Morgan fingerprint density at radius 3 is 2.22 bits per heavy atom. The summed E-state index contributed by atoms with van der Waals surface area (Å²) in [6, 6.07) is 13.0. The Hall–Kier alpha value is -2.40. The zero-order valence-corrected chi connectivity index (χ0v) is 14.4. The second-order valence-corrected chi connectivity index (χ2v) is 6.63. The number of hydrogen-bond acceptors (Lipinski definition) is 5. The Morgan fingerprint density at radius 2 is 1.67 bits per heavy atom. The van der Waals surface area contributed by atoms with E-state index in [1.165, 1.54) is 24.3 Å². The molecule has 0 saturated carbocycles. The van der Waals surface area contributed by atoms with Gasteiger partial charge in [0, 0.05) is 28.3 Å². The number of nitro benzene ring substituents is 1. The lowest BCUT2D eigenvalue weighted by molar-refractivity contribution is -0.384. The first-order valence-corrected chi connectivity index (χ1v) is 8.62. The van der Waals surface area contributed by atoms with Crippen LogP contribution in [0.4, 0.5) is 23.0 Å². The third kappa shape index (κ3) is 5.79. The molecule has 0 bridgehead atoms. The first-order valence-electron chi connectivity index (χ1n) is 7.63. The molecular formula is C16H13BF4NO4S-. The zero-order chi connectivity index (χ0) is 20.2. The molecule has 0 saturated heterocycles.